The first-order chi connectivity index (χ1) is 14.3. The van der Waals surface area contributed by atoms with Crippen LogP contribution in [0.15, 0.2) is 40.9 Å². The molecular formula is C24H28N2O4. The molecule has 0 spiro atoms. The molecule has 0 aliphatic heterocycles. The number of rotatable bonds is 9. The van der Waals surface area contributed by atoms with Crippen molar-refractivity contribution in [3.63, 3.8) is 0 Å². The molecule has 0 amide bonds. The van der Waals surface area contributed by atoms with E-state index in [4.69, 9.17) is 14.4 Å². The highest BCUT2D eigenvalue weighted by atomic mass is 16.5. The number of hydrogen-bond donors (Lipinski definition) is 1. The van der Waals surface area contributed by atoms with Crippen molar-refractivity contribution in [3.8, 4) is 28.6 Å². The molecule has 3 aromatic rings. The molecule has 3 rings (SSSR count). The normalized spacial score (nSPS) is 11.1. The molecule has 0 fully saturated rings. The summed E-state index contributed by atoms with van der Waals surface area (Å²) in [5.74, 6) is 1.12. The Labute approximate surface area is 176 Å². The Morgan fingerprint density at radius 1 is 1.17 bits per heavy atom. The van der Waals surface area contributed by atoms with E-state index < -0.39 is 5.97 Å². The molecule has 0 aliphatic rings. The summed E-state index contributed by atoms with van der Waals surface area (Å²) in [7, 11) is 0. The Kier molecular flexibility index (Phi) is 6.87. The lowest BCUT2D eigenvalue weighted by molar-refractivity contribution is -0.137. The monoisotopic (exact) mass is 408 g/mol. The van der Waals surface area contributed by atoms with Gasteiger partial charge in [-0.1, -0.05) is 23.4 Å². The topological polar surface area (TPSA) is 85.5 Å². The summed E-state index contributed by atoms with van der Waals surface area (Å²) < 4.78 is 11.3. The standard InChI is InChI=1S/C24H28N2O4/c1-15(2)29-21-13-12-19(14-16(21)3)24-25-23(26-30-24)20-10-7-9-18(17(20)4)8-5-6-11-22(27)28/h7,9-10,12-15H,5-6,8,11H2,1-4H3,(H,27,28). The molecule has 0 aliphatic carbocycles. The number of unbranched alkanes of at least 4 members (excludes halogenated alkanes) is 1. The quantitative estimate of drug-likeness (QED) is 0.464. The number of carboxylic acid groups (broad SMARTS) is 1. The summed E-state index contributed by atoms with van der Waals surface area (Å²) in [4.78, 5) is 15.3. The number of hydrogen-bond acceptors (Lipinski definition) is 5. The molecule has 30 heavy (non-hydrogen) atoms. The first kappa shape index (κ1) is 21.6. The summed E-state index contributed by atoms with van der Waals surface area (Å²) in [6, 6.07) is 11.9. The van der Waals surface area contributed by atoms with Crippen molar-refractivity contribution in [3.05, 3.63) is 53.1 Å². The average molecular weight is 408 g/mol. The minimum absolute atomic E-state index is 0.115. The zero-order valence-electron chi connectivity index (χ0n) is 17.9. The molecule has 1 aromatic heterocycles. The van der Waals surface area contributed by atoms with Crippen LogP contribution in [-0.2, 0) is 11.2 Å². The molecule has 158 valence electrons. The van der Waals surface area contributed by atoms with Gasteiger partial charge in [-0.2, -0.15) is 4.98 Å². The van der Waals surface area contributed by atoms with E-state index in [1.54, 1.807) is 0 Å². The highest BCUT2D eigenvalue weighted by molar-refractivity contribution is 5.66. The summed E-state index contributed by atoms with van der Waals surface area (Å²) >= 11 is 0. The van der Waals surface area contributed by atoms with Gasteiger partial charge in [-0.05, 0) is 81.8 Å². The minimum Gasteiger partial charge on any atom is -0.491 e. The Bertz CT molecular complexity index is 1020. The van der Waals surface area contributed by atoms with Crippen LogP contribution in [0.2, 0.25) is 0 Å². The third-order valence-corrected chi connectivity index (χ3v) is 4.98. The predicted molar refractivity (Wildman–Crippen MR) is 116 cm³/mol. The largest absolute Gasteiger partial charge is 0.491 e. The number of carboxylic acids is 1. The lowest BCUT2D eigenvalue weighted by atomic mass is 9.97. The van der Waals surface area contributed by atoms with Crippen LogP contribution in [0.1, 0.15) is 49.8 Å². The van der Waals surface area contributed by atoms with Gasteiger partial charge in [-0.3, -0.25) is 4.79 Å². The summed E-state index contributed by atoms with van der Waals surface area (Å²) in [5, 5.41) is 13.0. The second kappa shape index (κ2) is 9.57. The third-order valence-electron chi connectivity index (χ3n) is 4.98. The van der Waals surface area contributed by atoms with Crippen LogP contribution in [0.25, 0.3) is 22.8 Å². The van der Waals surface area contributed by atoms with Crippen molar-refractivity contribution < 1.29 is 19.2 Å². The number of carbonyl (C=O) groups is 1. The number of nitrogens with zero attached hydrogens (tertiary/aromatic N) is 2. The van der Waals surface area contributed by atoms with E-state index in [0.29, 0.717) is 18.1 Å². The molecule has 0 saturated heterocycles. The Balaban J connectivity index is 1.78. The van der Waals surface area contributed by atoms with Crippen LogP contribution in [-0.4, -0.2) is 27.3 Å². The zero-order valence-corrected chi connectivity index (χ0v) is 17.9. The van der Waals surface area contributed by atoms with Gasteiger partial charge in [0, 0.05) is 17.5 Å². The van der Waals surface area contributed by atoms with Crippen molar-refractivity contribution in [1.29, 1.82) is 0 Å². The summed E-state index contributed by atoms with van der Waals surface area (Å²) in [5.41, 5.74) is 5.06. The molecule has 0 radical (unpaired) electrons. The van der Waals surface area contributed by atoms with Crippen LogP contribution in [0, 0.1) is 13.8 Å². The maximum absolute atomic E-state index is 10.7. The maximum Gasteiger partial charge on any atom is 0.303 e. The highest BCUT2D eigenvalue weighted by Gasteiger charge is 2.15. The Hall–Kier alpha value is -3.15. The van der Waals surface area contributed by atoms with Gasteiger partial charge >= 0.3 is 5.97 Å². The fraction of sp³-hybridized carbons (Fsp3) is 0.375. The second-order valence-corrected chi connectivity index (χ2v) is 7.76. The molecule has 6 nitrogen and oxygen atoms in total. The van der Waals surface area contributed by atoms with E-state index >= 15 is 0 Å². The smallest absolute Gasteiger partial charge is 0.303 e. The number of ether oxygens (including phenoxy) is 1. The first-order valence-corrected chi connectivity index (χ1v) is 10.3. The molecule has 6 heteroatoms. The van der Waals surface area contributed by atoms with Crippen molar-refractivity contribution in [2.75, 3.05) is 0 Å². The van der Waals surface area contributed by atoms with Gasteiger partial charge in [0.1, 0.15) is 5.75 Å². The van der Waals surface area contributed by atoms with E-state index in [9.17, 15) is 4.79 Å². The molecule has 0 bridgehead atoms. The van der Waals surface area contributed by atoms with Crippen molar-refractivity contribution >= 4 is 5.97 Å². The van der Waals surface area contributed by atoms with E-state index in [2.05, 4.69) is 16.2 Å². The van der Waals surface area contributed by atoms with Crippen molar-refractivity contribution in [2.45, 2.75) is 59.5 Å². The number of aliphatic carboxylic acids is 1. The average Bonchev–Trinajstić information content (AvgIpc) is 3.17. The maximum atomic E-state index is 10.7. The fourth-order valence-electron chi connectivity index (χ4n) is 3.41. The van der Waals surface area contributed by atoms with Gasteiger partial charge in [0.05, 0.1) is 6.10 Å². The van der Waals surface area contributed by atoms with Crippen LogP contribution in [0.3, 0.4) is 0 Å². The van der Waals surface area contributed by atoms with Gasteiger partial charge < -0.3 is 14.4 Å². The van der Waals surface area contributed by atoms with Gasteiger partial charge in [-0.15, -0.1) is 0 Å². The second-order valence-electron chi connectivity index (χ2n) is 7.76. The van der Waals surface area contributed by atoms with Gasteiger partial charge in [0.25, 0.3) is 5.89 Å². The lowest BCUT2D eigenvalue weighted by Crippen LogP contribution is -2.06. The summed E-state index contributed by atoms with van der Waals surface area (Å²) in [6.45, 7) is 8.04. The van der Waals surface area contributed by atoms with Gasteiger partial charge in [0.15, 0.2) is 0 Å². The van der Waals surface area contributed by atoms with E-state index in [0.717, 1.165) is 40.8 Å². The van der Waals surface area contributed by atoms with Crippen LogP contribution < -0.4 is 4.74 Å². The molecule has 2 aromatic carbocycles. The van der Waals surface area contributed by atoms with Gasteiger partial charge in [-0.25, -0.2) is 0 Å². The SMILES string of the molecule is Cc1cc(-c2nc(-c3cccc(CCCCC(=O)O)c3C)no2)ccc1OC(C)C. The Morgan fingerprint density at radius 2 is 1.97 bits per heavy atom. The van der Waals surface area contributed by atoms with Crippen molar-refractivity contribution in [2.24, 2.45) is 0 Å². The molecule has 1 N–H and O–H groups in total. The number of aromatic nitrogens is 2. The van der Waals surface area contributed by atoms with E-state index in [-0.39, 0.29) is 12.5 Å². The van der Waals surface area contributed by atoms with Crippen LogP contribution in [0.5, 0.6) is 5.75 Å². The number of benzene rings is 2. The molecule has 0 unspecified atom stereocenters. The molecule has 1 heterocycles. The first-order valence-electron chi connectivity index (χ1n) is 10.3. The van der Waals surface area contributed by atoms with E-state index in [1.165, 1.54) is 5.56 Å². The van der Waals surface area contributed by atoms with Crippen LogP contribution >= 0.6 is 0 Å². The van der Waals surface area contributed by atoms with Crippen molar-refractivity contribution in [1.82, 2.24) is 10.1 Å². The third kappa shape index (κ3) is 5.26. The highest BCUT2D eigenvalue weighted by Crippen LogP contribution is 2.29. The fourth-order valence-corrected chi connectivity index (χ4v) is 3.41. The Morgan fingerprint density at radius 3 is 2.67 bits per heavy atom. The zero-order chi connectivity index (χ0) is 21.7. The molecule has 0 atom stereocenters. The molecule has 0 saturated carbocycles. The number of aryl methyl sites for hydroxylation is 2. The lowest BCUT2D eigenvalue weighted by Gasteiger charge is -2.12. The predicted octanol–water partition coefficient (Wildman–Crippen LogP) is 5.61. The molecular weight excluding hydrogens is 380 g/mol. The van der Waals surface area contributed by atoms with Crippen LogP contribution in [0.4, 0.5) is 0 Å². The summed E-state index contributed by atoms with van der Waals surface area (Å²) in [6.07, 6.45) is 2.64. The van der Waals surface area contributed by atoms with Gasteiger partial charge in [0.2, 0.25) is 5.82 Å². The minimum atomic E-state index is -0.751. The van der Waals surface area contributed by atoms with E-state index in [1.807, 2.05) is 58.0 Å².